The number of nitrogens with one attached hydrogen (secondary N) is 1. The lowest BCUT2D eigenvalue weighted by molar-refractivity contribution is 0.224. The molecule has 0 spiro atoms. The Balaban J connectivity index is 1.67. The molecule has 2 rings (SSSR count). The molecule has 1 aliphatic rings. The Morgan fingerprint density at radius 1 is 1.22 bits per heavy atom. The number of aryl methyl sites for hydroxylation is 1. The molecule has 1 aromatic rings. The first-order chi connectivity index (χ1) is 8.74. The average molecular weight is 246 g/mol. The second-order valence-corrected chi connectivity index (χ2v) is 5.67. The lowest BCUT2D eigenvalue weighted by atomic mass is 10.0. The zero-order valence-electron chi connectivity index (χ0n) is 11.7. The van der Waals surface area contributed by atoms with Crippen LogP contribution in [0.15, 0.2) is 30.3 Å². The number of hydrogen-bond acceptors (Lipinski definition) is 2. The van der Waals surface area contributed by atoms with Crippen molar-refractivity contribution < 1.29 is 0 Å². The van der Waals surface area contributed by atoms with E-state index in [1.54, 1.807) is 0 Å². The minimum atomic E-state index is 0.624. The highest BCUT2D eigenvalue weighted by Crippen LogP contribution is 2.11. The van der Waals surface area contributed by atoms with Crippen molar-refractivity contribution in [1.29, 1.82) is 0 Å². The summed E-state index contributed by atoms with van der Waals surface area (Å²) in [5.41, 5.74) is 1.45. The molecule has 0 radical (unpaired) electrons. The molecule has 18 heavy (non-hydrogen) atoms. The van der Waals surface area contributed by atoms with E-state index in [4.69, 9.17) is 0 Å². The highest BCUT2D eigenvalue weighted by molar-refractivity contribution is 5.14. The first kappa shape index (κ1) is 13.6. The minimum absolute atomic E-state index is 0.624. The van der Waals surface area contributed by atoms with E-state index >= 15 is 0 Å². The number of rotatable bonds is 5. The van der Waals surface area contributed by atoms with Crippen molar-refractivity contribution >= 4 is 0 Å². The Labute approximate surface area is 111 Å². The van der Waals surface area contributed by atoms with Gasteiger partial charge >= 0.3 is 0 Å². The van der Waals surface area contributed by atoms with Crippen LogP contribution >= 0.6 is 0 Å². The number of nitrogens with zero attached hydrogens (tertiary/aromatic N) is 1. The Bertz CT molecular complexity index is 328. The van der Waals surface area contributed by atoms with E-state index in [1.807, 2.05) is 0 Å². The van der Waals surface area contributed by atoms with Crippen molar-refractivity contribution in [3.8, 4) is 0 Å². The molecule has 1 aromatic carbocycles. The van der Waals surface area contributed by atoms with Crippen LogP contribution in [0.1, 0.15) is 31.7 Å². The van der Waals surface area contributed by atoms with Gasteiger partial charge < -0.3 is 10.2 Å². The molecule has 2 heteroatoms. The fourth-order valence-electron chi connectivity index (χ4n) is 2.69. The van der Waals surface area contributed by atoms with E-state index in [1.165, 1.54) is 44.3 Å². The van der Waals surface area contributed by atoms with Gasteiger partial charge in [-0.15, -0.1) is 0 Å². The van der Waals surface area contributed by atoms with Crippen LogP contribution in [0, 0.1) is 0 Å². The van der Waals surface area contributed by atoms with Crippen LogP contribution in [0.2, 0.25) is 0 Å². The minimum Gasteiger partial charge on any atom is -0.311 e. The van der Waals surface area contributed by atoms with Crippen molar-refractivity contribution in [3.05, 3.63) is 35.9 Å². The molecule has 0 amide bonds. The fourth-order valence-corrected chi connectivity index (χ4v) is 2.69. The van der Waals surface area contributed by atoms with Crippen molar-refractivity contribution in [2.45, 2.75) is 44.7 Å². The largest absolute Gasteiger partial charge is 0.311 e. The topological polar surface area (TPSA) is 15.3 Å². The third-order valence-corrected chi connectivity index (χ3v) is 3.95. The smallest absolute Gasteiger partial charge is 0.00938 e. The van der Waals surface area contributed by atoms with E-state index in [2.05, 4.69) is 54.5 Å². The van der Waals surface area contributed by atoms with Crippen LogP contribution in [0.25, 0.3) is 0 Å². The first-order valence-corrected chi connectivity index (χ1v) is 7.22. The van der Waals surface area contributed by atoms with Crippen molar-refractivity contribution in [3.63, 3.8) is 0 Å². The Hall–Kier alpha value is -0.860. The molecule has 1 fully saturated rings. The second kappa shape index (κ2) is 6.91. The van der Waals surface area contributed by atoms with Crippen molar-refractivity contribution in [2.24, 2.45) is 0 Å². The highest BCUT2D eigenvalue weighted by Gasteiger charge is 2.17. The van der Waals surface area contributed by atoms with Crippen LogP contribution in [-0.4, -0.2) is 37.1 Å². The van der Waals surface area contributed by atoms with E-state index in [9.17, 15) is 0 Å². The van der Waals surface area contributed by atoms with Gasteiger partial charge in [0.05, 0.1) is 0 Å². The Kier molecular flexibility index (Phi) is 5.21. The van der Waals surface area contributed by atoms with Crippen molar-refractivity contribution in [1.82, 2.24) is 10.2 Å². The van der Waals surface area contributed by atoms with Gasteiger partial charge in [-0.25, -0.2) is 0 Å². The SMILES string of the molecule is CC(CCc1ccccc1)NC1CCN(C)CC1. The van der Waals surface area contributed by atoms with E-state index < -0.39 is 0 Å². The summed E-state index contributed by atoms with van der Waals surface area (Å²) in [5.74, 6) is 0. The molecule has 1 aliphatic heterocycles. The maximum absolute atomic E-state index is 3.78. The predicted octanol–water partition coefficient (Wildman–Crippen LogP) is 2.69. The van der Waals surface area contributed by atoms with Gasteiger partial charge in [0, 0.05) is 12.1 Å². The van der Waals surface area contributed by atoms with Gasteiger partial charge in [0.1, 0.15) is 0 Å². The first-order valence-electron chi connectivity index (χ1n) is 7.22. The second-order valence-electron chi connectivity index (χ2n) is 5.67. The number of benzene rings is 1. The van der Waals surface area contributed by atoms with Gasteiger partial charge in [0.25, 0.3) is 0 Å². The summed E-state index contributed by atoms with van der Waals surface area (Å²) in [6.07, 6.45) is 5.01. The van der Waals surface area contributed by atoms with Gasteiger partial charge in [-0.3, -0.25) is 0 Å². The summed E-state index contributed by atoms with van der Waals surface area (Å²) in [7, 11) is 2.22. The van der Waals surface area contributed by atoms with Gasteiger partial charge in [-0.05, 0) is 58.3 Å². The lowest BCUT2D eigenvalue weighted by Crippen LogP contribution is -2.44. The molecular weight excluding hydrogens is 220 g/mol. The zero-order chi connectivity index (χ0) is 12.8. The maximum Gasteiger partial charge on any atom is 0.00938 e. The molecule has 0 aliphatic carbocycles. The van der Waals surface area contributed by atoms with Crippen LogP contribution in [0.5, 0.6) is 0 Å². The highest BCUT2D eigenvalue weighted by atomic mass is 15.1. The third-order valence-electron chi connectivity index (χ3n) is 3.95. The summed E-state index contributed by atoms with van der Waals surface area (Å²) in [6.45, 7) is 4.80. The quantitative estimate of drug-likeness (QED) is 0.859. The molecule has 0 aromatic heterocycles. The van der Waals surface area contributed by atoms with Crippen LogP contribution in [0.3, 0.4) is 0 Å². The summed E-state index contributed by atoms with van der Waals surface area (Å²) >= 11 is 0. The van der Waals surface area contributed by atoms with Crippen molar-refractivity contribution in [2.75, 3.05) is 20.1 Å². The molecule has 1 saturated heterocycles. The number of hydrogen-bond donors (Lipinski definition) is 1. The van der Waals surface area contributed by atoms with Gasteiger partial charge in [-0.1, -0.05) is 30.3 Å². The predicted molar refractivity (Wildman–Crippen MR) is 77.9 cm³/mol. The average Bonchev–Trinajstić information content (AvgIpc) is 2.40. The summed E-state index contributed by atoms with van der Waals surface area (Å²) in [4.78, 5) is 2.42. The normalized spacial score (nSPS) is 19.9. The van der Waals surface area contributed by atoms with E-state index in [-0.39, 0.29) is 0 Å². The molecule has 100 valence electrons. The number of piperidine rings is 1. The van der Waals surface area contributed by atoms with E-state index in [0.717, 1.165) is 6.04 Å². The van der Waals surface area contributed by atoms with Crippen LogP contribution in [-0.2, 0) is 6.42 Å². The molecule has 1 unspecified atom stereocenters. The molecule has 1 N–H and O–H groups in total. The molecule has 0 bridgehead atoms. The monoisotopic (exact) mass is 246 g/mol. The lowest BCUT2D eigenvalue weighted by Gasteiger charge is -2.31. The summed E-state index contributed by atoms with van der Waals surface area (Å²) in [5, 5.41) is 3.78. The van der Waals surface area contributed by atoms with Gasteiger partial charge in [-0.2, -0.15) is 0 Å². The maximum atomic E-state index is 3.78. The zero-order valence-corrected chi connectivity index (χ0v) is 11.7. The molecule has 0 saturated carbocycles. The van der Waals surface area contributed by atoms with Crippen LogP contribution in [0.4, 0.5) is 0 Å². The molecule has 1 heterocycles. The molecule has 2 nitrogen and oxygen atoms in total. The third kappa shape index (κ3) is 4.43. The Morgan fingerprint density at radius 3 is 2.56 bits per heavy atom. The Morgan fingerprint density at radius 2 is 1.89 bits per heavy atom. The van der Waals surface area contributed by atoms with E-state index in [0.29, 0.717) is 6.04 Å². The summed E-state index contributed by atoms with van der Waals surface area (Å²) < 4.78 is 0. The molecule has 1 atom stereocenters. The van der Waals surface area contributed by atoms with Gasteiger partial charge in [0.2, 0.25) is 0 Å². The standard InChI is InChI=1S/C16H26N2/c1-14(8-9-15-6-4-3-5-7-15)17-16-10-12-18(2)13-11-16/h3-7,14,16-17H,8-13H2,1-2H3. The van der Waals surface area contributed by atoms with Gasteiger partial charge in [0.15, 0.2) is 0 Å². The fraction of sp³-hybridized carbons (Fsp3) is 0.625. The molecular formula is C16H26N2. The summed E-state index contributed by atoms with van der Waals surface area (Å²) in [6, 6.07) is 12.1. The number of likely N-dealkylation sites (tertiary alicyclic amines) is 1. The van der Waals surface area contributed by atoms with Crippen LogP contribution < -0.4 is 5.32 Å².